The minimum absolute atomic E-state index is 0.0876. The van der Waals surface area contributed by atoms with Gasteiger partial charge in [-0.25, -0.2) is 0 Å². The number of aromatic nitrogens is 5. The van der Waals surface area contributed by atoms with Gasteiger partial charge < -0.3 is 0 Å². The molecule has 1 aliphatic carbocycles. The Balaban J connectivity index is 0.000000100. The largest absolute Gasteiger partial charge is 0.264 e. The Morgan fingerprint density at radius 1 is 0.233 bits per heavy atom. The van der Waals surface area contributed by atoms with Gasteiger partial charge >= 0.3 is 0 Å². The minimum Gasteiger partial charge on any atom is -0.264 e. The van der Waals surface area contributed by atoms with E-state index in [-0.39, 0.29) is 5.41 Å². The molecule has 120 heavy (non-hydrogen) atoms. The number of hydrogen-bond acceptors (Lipinski definition) is 5. The lowest BCUT2D eigenvalue weighted by Gasteiger charge is -2.30. The highest BCUT2D eigenvalue weighted by Gasteiger charge is 2.54. The molecule has 576 valence electrons. The maximum atomic E-state index is 5.14. The summed E-state index contributed by atoms with van der Waals surface area (Å²) in [5.41, 5.74) is 22.3. The Bertz CT molecular complexity index is 6360. The van der Waals surface area contributed by atoms with Crippen molar-refractivity contribution in [2.75, 3.05) is 0 Å². The second-order valence-electron chi connectivity index (χ2n) is 32.6. The first-order valence-corrected chi connectivity index (χ1v) is 49.7. The fraction of sp³-hybridized carbons (Fsp3) is 0.0721. The van der Waals surface area contributed by atoms with Crippen LogP contribution < -0.4 is 83.5 Å². The number of rotatable bonds is 8. The Morgan fingerprint density at radius 2 is 0.592 bits per heavy atom. The molecular weight excluding hydrogens is 1520 g/mol. The monoisotopic (exact) mass is 1610 g/mol. The van der Waals surface area contributed by atoms with E-state index in [2.05, 4.69) is 448 Å². The summed E-state index contributed by atoms with van der Waals surface area (Å²) in [7, 11) is -9.47. The Morgan fingerprint density at radius 3 is 1.10 bits per heavy atom. The van der Waals surface area contributed by atoms with Crippen LogP contribution in [0.1, 0.15) is 52.9 Å². The van der Waals surface area contributed by atoms with E-state index in [0.717, 1.165) is 11.4 Å². The molecule has 0 amide bonds. The maximum absolute atomic E-state index is 5.14. The number of fused-ring (bicyclic) bond motifs is 15. The van der Waals surface area contributed by atoms with Gasteiger partial charge in [0.25, 0.3) is 0 Å². The average molecular weight is 1610 g/mol. The van der Waals surface area contributed by atoms with Crippen LogP contribution >= 0.6 is 0 Å². The zero-order chi connectivity index (χ0) is 81.6. The summed E-state index contributed by atoms with van der Waals surface area (Å²) < 4.78 is 0. The minimum atomic E-state index is -2.37. The summed E-state index contributed by atoms with van der Waals surface area (Å²) in [6.07, 6.45) is 7.84. The van der Waals surface area contributed by atoms with E-state index in [4.69, 9.17) is 19.9 Å². The summed E-state index contributed by atoms with van der Waals surface area (Å²) >= 11 is 0. The van der Waals surface area contributed by atoms with Crippen LogP contribution in [0.3, 0.4) is 0 Å². The smallest absolute Gasteiger partial charge is 0.203 e. The second-order valence-corrected chi connectivity index (χ2v) is 47.3. The van der Waals surface area contributed by atoms with E-state index in [1.807, 2.05) is 30.9 Å². The van der Waals surface area contributed by atoms with Crippen LogP contribution in [0, 0.1) is 34.6 Å². The topological polar surface area (TPSA) is 64.5 Å². The first-order chi connectivity index (χ1) is 58.9. The van der Waals surface area contributed by atoms with Crippen molar-refractivity contribution < 1.29 is 0 Å². The van der Waals surface area contributed by atoms with Crippen molar-refractivity contribution >= 4 is 116 Å². The third-order valence-corrected chi connectivity index (χ3v) is 44.5. The van der Waals surface area contributed by atoms with E-state index in [1.165, 1.54) is 167 Å². The van der Waals surface area contributed by atoms with Crippen molar-refractivity contribution in [1.29, 1.82) is 0 Å². The second kappa shape index (κ2) is 31.7. The van der Waals surface area contributed by atoms with Crippen LogP contribution in [-0.4, -0.2) is 57.2 Å². The molecule has 0 fully saturated rings. The van der Waals surface area contributed by atoms with Gasteiger partial charge in [0, 0.05) is 79.4 Å². The van der Waals surface area contributed by atoms with Crippen LogP contribution in [0.15, 0.2) is 425 Å². The maximum Gasteiger partial charge on any atom is 0.203 e. The third kappa shape index (κ3) is 12.3. The molecule has 0 radical (unpaired) electrons. The van der Waals surface area contributed by atoms with E-state index in [9.17, 15) is 0 Å². The quantitative estimate of drug-likeness (QED) is 0.142. The highest BCUT2D eigenvalue weighted by atomic mass is 28.3. The van der Waals surface area contributed by atoms with E-state index in [0.29, 0.717) is 0 Å². The average Bonchev–Trinajstić information content (AvgIpc) is 1.55. The lowest BCUT2D eigenvalue weighted by atomic mass is 9.81. The number of aryl methyl sites for hydroxylation is 5. The van der Waals surface area contributed by atoms with Gasteiger partial charge in [0.2, 0.25) is 32.3 Å². The van der Waals surface area contributed by atoms with Gasteiger partial charge in [-0.15, -0.1) is 0 Å². The molecule has 5 aliphatic rings. The van der Waals surface area contributed by atoms with Crippen LogP contribution in [0.25, 0.3) is 55.8 Å². The zero-order valence-electron chi connectivity index (χ0n) is 68.7. The van der Waals surface area contributed by atoms with Crippen molar-refractivity contribution in [3.8, 4) is 55.8 Å². The lowest BCUT2D eigenvalue weighted by molar-refractivity contribution is 0.654. The van der Waals surface area contributed by atoms with Gasteiger partial charge in [0.05, 0.1) is 5.69 Å². The summed E-state index contributed by atoms with van der Waals surface area (Å²) in [5.74, 6) is 0. The van der Waals surface area contributed by atoms with Gasteiger partial charge in [-0.2, -0.15) is 0 Å². The number of benzene rings is 13. The predicted octanol–water partition coefficient (Wildman–Crippen LogP) is 14.7. The zero-order valence-corrected chi connectivity index (χ0v) is 72.7. The summed E-state index contributed by atoms with van der Waals surface area (Å²) in [6, 6.07) is 145. The molecule has 23 rings (SSSR count). The number of nitrogens with zero attached hydrogens (tertiary/aromatic N) is 5. The van der Waals surface area contributed by atoms with Gasteiger partial charge in [-0.1, -0.05) is 384 Å². The molecule has 0 atom stereocenters. The first-order valence-electron chi connectivity index (χ1n) is 41.7. The summed E-state index contributed by atoms with van der Waals surface area (Å²) in [4.78, 5) is 24.7. The van der Waals surface area contributed by atoms with E-state index < -0.39 is 32.3 Å². The van der Waals surface area contributed by atoms with Crippen LogP contribution in [0.2, 0.25) is 0 Å². The molecule has 0 saturated carbocycles. The molecule has 5 aromatic heterocycles. The lowest BCUT2D eigenvalue weighted by Crippen LogP contribution is -2.73. The van der Waals surface area contributed by atoms with Crippen molar-refractivity contribution in [1.82, 2.24) is 24.9 Å². The van der Waals surface area contributed by atoms with Gasteiger partial charge in [0.15, 0.2) is 0 Å². The highest BCUT2D eigenvalue weighted by molar-refractivity contribution is 7.24. The molecule has 0 spiro atoms. The van der Waals surface area contributed by atoms with Crippen molar-refractivity contribution in [2.24, 2.45) is 0 Å². The Labute approximate surface area is 709 Å². The fourth-order valence-corrected chi connectivity index (χ4v) is 40.9. The van der Waals surface area contributed by atoms with E-state index in [1.54, 1.807) is 0 Å². The SMILES string of the molecule is Cc1ccc2c(n1)[Si](c1ccccc1)(c1ccccc1)c1ccccc1-2.Cc1cccc2c1-c1cccnc1[Si]2(c1ccccc1)c1ccccc1.Cc1cccc2c1C(C)(C)c1cccnc1-2.Cc1ccnc2c1-c1ccccc1[Si]2(c1ccccc1)c1ccccc1.Cc1cnc2c(c1)-c1ccccc1[Si]2(c1ccccc1)c1ccccc1. The fourth-order valence-electron chi connectivity index (χ4n) is 20.7. The van der Waals surface area contributed by atoms with Gasteiger partial charge in [0.1, 0.15) is 0 Å². The first kappa shape index (κ1) is 76.5. The molecule has 9 heteroatoms. The normalized spacial score (nSPS) is 14.1. The third-order valence-electron chi connectivity index (χ3n) is 25.5. The van der Waals surface area contributed by atoms with Crippen LogP contribution in [0.5, 0.6) is 0 Å². The standard InChI is InChI=1S/4C24H19NSi.C15H15N/c1-18-10-8-16-22-23(18)21-15-9-17-25-24(21)26(22,19-11-4-2-5-12-19)20-13-6-3-7-14-20;1-18-16-22-21-14-8-9-15-23(21)26(24(22)25-17-18,19-10-4-2-5-11-19)20-12-6-3-7-13-20;1-18-16-17-22-21-14-8-9-15-23(21)26(24(22)25-18,19-10-4-2-5-11-19)20-12-6-3-7-13-20;1-18-16-17-25-24-23(18)21-14-8-9-15-22(21)26(24,19-10-4-2-5-11-19)20-12-6-3-7-13-20;1-10-6-4-7-11-13(10)15(2,3)12-8-5-9-16-14(11)12/h4*2-17H,1H3;4-9H,1-3H3. The number of pyridine rings is 5. The van der Waals surface area contributed by atoms with Crippen molar-refractivity contribution in [2.45, 2.75) is 53.9 Å². The molecule has 0 N–H and O–H groups in total. The van der Waals surface area contributed by atoms with Crippen LogP contribution in [0.4, 0.5) is 0 Å². The highest BCUT2D eigenvalue weighted by Crippen LogP contribution is 2.49. The Kier molecular flexibility index (Phi) is 20.2. The molecule has 0 unspecified atom stereocenters. The summed E-state index contributed by atoms with van der Waals surface area (Å²) in [6.45, 7) is 15.4. The molecule has 0 saturated heterocycles. The van der Waals surface area contributed by atoms with Gasteiger partial charge in [-0.3, -0.25) is 24.9 Å². The van der Waals surface area contributed by atoms with Crippen molar-refractivity contribution in [3.05, 3.63) is 464 Å². The molecular formula is C111H91N5Si4. The van der Waals surface area contributed by atoms with E-state index >= 15 is 0 Å². The molecule has 5 nitrogen and oxygen atoms in total. The van der Waals surface area contributed by atoms with Gasteiger partial charge in [-0.05, 0) is 188 Å². The molecule has 9 heterocycles. The molecule has 4 aliphatic heterocycles. The number of hydrogen-bond donors (Lipinski definition) is 0. The predicted molar refractivity (Wildman–Crippen MR) is 513 cm³/mol. The van der Waals surface area contributed by atoms with Crippen molar-refractivity contribution in [3.63, 3.8) is 0 Å². The Hall–Kier alpha value is -13.5. The molecule has 0 bridgehead atoms. The van der Waals surface area contributed by atoms with Crippen LogP contribution in [-0.2, 0) is 5.41 Å². The molecule has 18 aromatic rings. The summed E-state index contributed by atoms with van der Waals surface area (Å²) in [5, 5.41) is 22.1. The molecule has 13 aromatic carbocycles.